The molecule has 0 aliphatic carbocycles. The van der Waals surface area contributed by atoms with Gasteiger partial charge in [-0.05, 0) is 42.7 Å². The number of phenolic OH excluding ortho intramolecular Hbond substituents is 1. The summed E-state index contributed by atoms with van der Waals surface area (Å²) in [5.74, 6) is 0.688. The molecule has 2 aromatic carbocycles. The van der Waals surface area contributed by atoms with Gasteiger partial charge in [-0.25, -0.2) is 0 Å². The van der Waals surface area contributed by atoms with Gasteiger partial charge in [0.25, 0.3) is 0 Å². The Kier molecular flexibility index (Phi) is 4.88. The van der Waals surface area contributed by atoms with Gasteiger partial charge in [-0.2, -0.15) is 0 Å². The summed E-state index contributed by atoms with van der Waals surface area (Å²) in [5.41, 5.74) is 4.19. The lowest BCUT2D eigenvalue weighted by atomic mass is 10.1. The molecule has 2 N–H and O–H groups in total. The maximum absolute atomic E-state index is 10.1. The van der Waals surface area contributed by atoms with Gasteiger partial charge in [-0.3, -0.25) is 0 Å². The highest BCUT2D eigenvalue weighted by atomic mass is 16.5. The van der Waals surface area contributed by atoms with Crippen LogP contribution < -0.4 is 10.1 Å². The van der Waals surface area contributed by atoms with Crippen LogP contribution in [-0.2, 0) is 13.0 Å². The quantitative estimate of drug-likeness (QED) is 0.786. The molecule has 0 aliphatic heterocycles. The lowest BCUT2D eigenvalue weighted by Gasteiger charge is -2.13. The SMILES string of the molecule is C=CCc1cc(CNc2ccccc2C)cc(OC)c1O. The van der Waals surface area contributed by atoms with Crippen LogP contribution in [0.1, 0.15) is 16.7 Å². The molecular weight excluding hydrogens is 262 g/mol. The van der Waals surface area contributed by atoms with Crippen molar-refractivity contribution >= 4 is 5.69 Å². The van der Waals surface area contributed by atoms with E-state index in [9.17, 15) is 5.11 Å². The molecule has 0 bridgehead atoms. The molecule has 0 atom stereocenters. The lowest BCUT2D eigenvalue weighted by Crippen LogP contribution is -2.02. The first-order valence-electron chi connectivity index (χ1n) is 6.95. The van der Waals surface area contributed by atoms with Gasteiger partial charge in [0.2, 0.25) is 0 Å². The average molecular weight is 283 g/mol. The highest BCUT2D eigenvalue weighted by molar-refractivity contribution is 5.53. The van der Waals surface area contributed by atoms with Crippen LogP contribution in [0.3, 0.4) is 0 Å². The van der Waals surface area contributed by atoms with E-state index in [4.69, 9.17) is 4.74 Å². The van der Waals surface area contributed by atoms with E-state index < -0.39 is 0 Å². The van der Waals surface area contributed by atoms with E-state index in [1.54, 1.807) is 13.2 Å². The second-order valence-corrected chi connectivity index (χ2v) is 4.97. The fraction of sp³-hybridized carbons (Fsp3) is 0.222. The molecule has 0 saturated heterocycles. The summed E-state index contributed by atoms with van der Waals surface area (Å²) in [5, 5.41) is 13.5. The first kappa shape index (κ1) is 15.0. The van der Waals surface area contributed by atoms with Crippen molar-refractivity contribution in [1.82, 2.24) is 0 Å². The van der Waals surface area contributed by atoms with Crippen molar-refractivity contribution in [2.45, 2.75) is 19.9 Å². The highest BCUT2D eigenvalue weighted by Crippen LogP contribution is 2.32. The predicted molar refractivity (Wildman–Crippen MR) is 87.1 cm³/mol. The van der Waals surface area contributed by atoms with Crippen LogP contribution in [0.5, 0.6) is 11.5 Å². The molecule has 0 spiro atoms. The third-order valence-corrected chi connectivity index (χ3v) is 3.43. The van der Waals surface area contributed by atoms with Gasteiger partial charge < -0.3 is 15.2 Å². The van der Waals surface area contributed by atoms with Gasteiger partial charge in [-0.1, -0.05) is 24.3 Å². The Hall–Kier alpha value is -2.42. The van der Waals surface area contributed by atoms with Crippen molar-refractivity contribution in [2.75, 3.05) is 12.4 Å². The van der Waals surface area contributed by atoms with Crippen LogP contribution in [0.2, 0.25) is 0 Å². The van der Waals surface area contributed by atoms with Gasteiger partial charge in [0.1, 0.15) is 0 Å². The minimum atomic E-state index is 0.192. The summed E-state index contributed by atoms with van der Waals surface area (Å²) in [7, 11) is 1.56. The molecule has 3 heteroatoms. The topological polar surface area (TPSA) is 41.5 Å². The molecular formula is C18H21NO2. The molecule has 0 radical (unpaired) electrons. The molecule has 21 heavy (non-hydrogen) atoms. The van der Waals surface area contributed by atoms with Gasteiger partial charge in [0, 0.05) is 17.8 Å². The standard InChI is InChI=1S/C18H21NO2/c1-4-7-15-10-14(11-17(21-3)18(15)20)12-19-16-9-6-5-8-13(16)2/h4-6,8-11,19-20H,1,7,12H2,2-3H3. The summed E-state index contributed by atoms with van der Waals surface area (Å²) in [4.78, 5) is 0. The normalized spacial score (nSPS) is 10.2. The monoisotopic (exact) mass is 283 g/mol. The van der Waals surface area contributed by atoms with E-state index in [0.717, 1.165) is 16.8 Å². The number of anilines is 1. The van der Waals surface area contributed by atoms with Crippen LogP contribution in [0.15, 0.2) is 49.1 Å². The largest absolute Gasteiger partial charge is 0.504 e. The Morgan fingerprint density at radius 2 is 2.05 bits per heavy atom. The van der Waals surface area contributed by atoms with Gasteiger partial charge in [-0.15, -0.1) is 6.58 Å². The summed E-state index contributed by atoms with van der Waals surface area (Å²) in [6, 6.07) is 12.0. The molecule has 0 amide bonds. The molecule has 0 unspecified atom stereocenters. The number of phenols is 1. The molecule has 0 aromatic heterocycles. The fourth-order valence-corrected chi connectivity index (χ4v) is 2.27. The molecule has 0 fully saturated rings. The number of nitrogens with one attached hydrogen (secondary N) is 1. The van der Waals surface area contributed by atoms with Crippen molar-refractivity contribution < 1.29 is 9.84 Å². The predicted octanol–water partition coefficient (Wildman–Crippen LogP) is 4.05. The van der Waals surface area contributed by atoms with Crippen LogP contribution in [0.25, 0.3) is 0 Å². The zero-order valence-corrected chi connectivity index (χ0v) is 12.5. The Labute approximate surface area is 125 Å². The van der Waals surface area contributed by atoms with Crippen LogP contribution in [0, 0.1) is 6.92 Å². The maximum Gasteiger partial charge on any atom is 0.161 e. The fourth-order valence-electron chi connectivity index (χ4n) is 2.27. The summed E-state index contributed by atoms with van der Waals surface area (Å²) in [6.45, 7) is 6.46. The van der Waals surface area contributed by atoms with Crippen molar-refractivity contribution in [3.8, 4) is 11.5 Å². The number of allylic oxidation sites excluding steroid dienone is 1. The van der Waals surface area contributed by atoms with E-state index >= 15 is 0 Å². The van der Waals surface area contributed by atoms with Crippen LogP contribution in [-0.4, -0.2) is 12.2 Å². The lowest BCUT2D eigenvalue weighted by molar-refractivity contribution is 0.370. The maximum atomic E-state index is 10.1. The van der Waals surface area contributed by atoms with Crippen molar-refractivity contribution in [3.63, 3.8) is 0 Å². The van der Waals surface area contributed by atoms with Crippen molar-refractivity contribution in [3.05, 3.63) is 65.7 Å². The van der Waals surface area contributed by atoms with E-state index in [1.165, 1.54) is 5.56 Å². The third kappa shape index (κ3) is 3.57. The number of rotatable bonds is 6. The Morgan fingerprint density at radius 3 is 2.71 bits per heavy atom. The Morgan fingerprint density at radius 1 is 1.29 bits per heavy atom. The number of ether oxygens (including phenoxy) is 1. The second-order valence-electron chi connectivity index (χ2n) is 4.97. The van der Waals surface area contributed by atoms with E-state index in [2.05, 4.69) is 31.0 Å². The molecule has 110 valence electrons. The minimum Gasteiger partial charge on any atom is -0.504 e. The summed E-state index contributed by atoms with van der Waals surface area (Å²) < 4.78 is 5.24. The Bertz CT molecular complexity index is 635. The van der Waals surface area contributed by atoms with Gasteiger partial charge in [0.15, 0.2) is 11.5 Å². The molecule has 0 heterocycles. The zero-order chi connectivity index (χ0) is 15.2. The molecule has 3 nitrogen and oxygen atoms in total. The number of hydrogen-bond donors (Lipinski definition) is 2. The number of aryl methyl sites for hydroxylation is 1. The number of hydrogen-bond acceptors (Lipinski definition) is 3. The molecule has 0 saturated carbocycles. The van der Waals surface area contributed by atoms with Crippen molar-refractivity contribution in [1.29, 1.82) is 0 Å². The molecule has 0 aliphatic rings. The first-order chi connectivity index (χ1) is 10.2. The van der Waals surface area contributed by atoms with Gasteiger partial charge in [0.05, 0.1) is 7.11 Å². The summed E-state index contributed by atoms with van der Waals surface area (Å²) >= 11 is 0. The third-order valence-electron chi connectivity index (χ3n) is 3.43. The number of para-hydroxylation sites is 1. The smallest absolute Gasteiger partial charge is 0.161 e. The van der Waals surface area contributed by atoms with E-state index in [0.29, 0.717) is 18.7 Å². The second kappa shape index (κ2) is 6.84. The van der Waals surface area contributed by atoms with E-state index in [1.807, 2.05) is 24.3 Å². The number of aromatic hydroxyl groups is 1. The Balaban J connectivity index is 2.21. The van der Waals surface area contributed by atoms with Crippen LogP contribution >= 0.6 is 0 Å². The van der Waals surface area contributed by atoms with E-state index in [-0.39, 0.29) is 5.75 Å². The first-order valence-corrected chi connectivity index (χ1v) is 6.95. The number of benzene rings is 2. The minimum absolute atomic E-state index is 0.192. The summed E-state index contributed by atoms with van der Waals surface area (Å²) in [6.07, 6.45) is 2.38. The van der Waals surface area contributed by atoms with Crippen LogP contribution in [0.4, 0.5) is 5.69 Å². The molecule has 2 aromatic rings. The average Bonchev–Trinajstić information content (AvgIpc) is 2.49. The van der Waals surface area contributed by atoms with Gasteiger partial charge >= 0.3 is 0 Å². The molecule has 2 rings (SSSR count). The van der Waals surface area contributed by atoms with Crippen molar-refractivity contribution in [2.24, 2.45) is 0 Å². The zero-order valence-electron chi connectivity index (χ0n) is 12.5. The number of methoxy groups -OCH3 is 1. The highest BCUT2D eigenvalue weighted by Gasteiger charge is 2.09.